The van der Waals surface area contributed by atoms with Crippen molar-refractivity contribution in [2.24, 2.45) is 18.8 Å². The Balaban J connectivity index is 2.01. The van der Waals surface area contributed by atoms with E-state index in [1.54, 1.807) is 0 Å². The van der Waals surface area contributed by atoms with Crippen molar-refractivity contribution >= 4 is 5.82 Å². The minimum absolute atomic E-state index is 0.895. The van der Waals surface area contributed by atoms with E-state index in [-0.39, 0.29) is 0 Å². The molecular weight excluding hydrogens is 214 g/mol. The molecule has 0 unspecified atom stereocenters. The maximum absolute atomic E-state index is 5.55. The molecule has 0 spiro atoms. The van der Waals surface area contributed by atoms with Gasteiger partial charge in [-0.2, -0.15) is 5.10 Å². The van der Waals surface area contributed by atoms with E-state index >= 15 is 0 Å². The molecule has 0 aromatic carbocycles. The molecule has 1 aliphatic rings. The zero-order valence-corrected chi connectivity index (χ0v) is 11.0. The van der Waals surface area contributed by atoms with Crippen molar-refractivity contribution in [3.63, 3.8) is 0 Å². The molecule has 0 aliphatic heterocycles. The van der Waals surface area contributed by atoms with Crippen molar-refractivity contribution in [2.45, 2.75) is 32.7 Å². The lowest BCUT2D eigenvalue weighted by molar-refractivity contribution is 0.200. The predicted molar refractivity (Wildman–Crippen MR) is 69.4 cm³/mol. The number of anilines is 1. The van der Waals surface area contributed by atoms with Crippen LogP contribution in [-0.4, -0.2) is 28.3 Å². The number of nitrogens with one attached hydrogen (secondary N) is 1. The smallest absolute Gasteiger partial charge is 0.142 e. The maximum Gasteiger partial charge on any atom is 0.142 e. The highest BCUT2D eigenvalue weighted by Crippen LogP contribution is 2.28. The topological polar surface area (TPSA) is 59.1 Å². The third-order valence-corrected chi connectivity index (χ3v) is 3.71. The van der Waals surface area contributed by atoms with E-state index in [1.165, 1.54) is 31.4 Å². The lowest BCUT2D eigenvalue weighted by atomic mass is 9.85. The Morgan fingerprint density at radius 2 is 2.24 bits per heavy atom. The molecule has 0 bridgehead atoms. The summed E-state index contributed by atoms with van der Waals surface area (Å²) in [5.74, 6) is 7.36. The standard InChI is InChI=1S/C12H23N5/c1-9-11(12(14-13)17(3)15-9)8-16(2)7-10-5-4-6-10/h10,14H,4-8,13H2,1-3H3. The summed E-state index contributed by atoms with van der Waals surface area (Å²) in [6.07, 6.45) is 4.18. The van der Waals surface area contributed by atoms with Crippen LogP contribution in [0.5, 0.6) is 0 Å². The van der Waals surface area contributed by atoms with Gasteiger partial charge in [-0.05, 0) is 32.7 Å². The van der Waals surface area contributed by atoms with Gasteiger partial charge in [0.1, 0.15) is 5.82 Å². The van der Waals surface area contributed by atoms with Gasteiger partial charge in [-0.25, -0.2) is 5.84 Å². The summed E-state index contributed by atoms with van der Waals surface area (Å²) in [7, 11) is 4.09. The van der Waals surface area contributed by atoms with Crippen molar-refractivity contribution in [2.75, 3.05) is 19.0 Å². The largest absolute Gasteiger partial charge is 0.308 e. The zero-order valence-electron chi connectivity index (χ0n) is 11.0. The predicted octanol–water partition coefficient (Wildman–Crippen LogP) is 1.25. The molecule has 17 heavy (non-hydrogen) atoms. The number of aromatic nitrogens is 2. The number of aryl methyl sites for hydroxylation is 2. The fraction of sp³-hybridized carbons (Fsp3) is 0.750. The Bertz CT molecular complexity index is 380. The van der Waals surface area contributed by atoms with E-state index in [0.29, 0.717) is 0 Å². The van der Waals surface area contributed by atoms with E-state index in [2.05, 4.69) is 22.5 Å². The highest BCUT2D eigenvalue weighted by atomic mass is 15.4. The molecule has 0 saturated heterocycles. The second-order valence-corrected chi connectivity index (χ2v) is 5.17. The Hall–Kier alpha value is -1.07. The lowest BCUT2D eigenvalue weighted by Crippen LogP contribution is -2.29. The first-order chi connectivity index (χ1) is 8.11. The molecule has 1 aromatic rings. The molecule has 0 radical (unpaired) electrons. The minimum Gasteiger partial charge on any atom is -0.308 e. The Morgan fingerprint density at radius 3 is 2.76 bits per heavy atom. The Kier molecular flexibility index (Phi) is 3.69. The van der Waals surface area contributed by atoms with Gasteiger partial charge in [0.05, 0.1) is 5.69 Å². The first kappa shape index (κ1) is 12.4. The summed E-state index contributed by atoms with van der Waals surface area (Å²) in [6.45, 7) is 4.13. The van der Waals surface area contributed by atoms with Crippen molar-refractivity contribution in [3.05, 3.63) is 11.3 Å². The van der Waals surface area contributed by atoms with Gasteiger partial charge >= 0.3 is 0 Å². The van der Waals surface area contributed by atoms with E-state index in [9.17, 15) is 0 Å². The molecule has 1 heterocycles. The summed E-state index contributed by atoms with van der Waals surface area (Å²) in [4.78, 5) is 2.37. The summed E-state index contributed by atoms with van der Waals surface area (Å²) < 4.78 is 1.81. The summed E-state index contributed by atoms with van der Waals surface area (Å²) in [5.41, 5.74) is 5.01. The summed E-state index contributed by atoms with van der Waals surface area (Å²) >= 11 is 0. The third kappa shape index (κ3) is 2.61. The number of rotatable bonds is 5. The number of nitrogens with two attached hydrogens (primary N) is 1. The van der Waals surface area contributed by atoms with Crippen molar-refractivity contribution in [3.8, 4) is 0 Å². The molecule has 1 fully saturated rings. The molecule has 2 rings (SSSR count). The number of hydrazine groups is 1. The molecule has 3 N–H and O–H groups in total. The molecule has 0 atom stereocenters. The second-order valence-electron chi connectivity index (χ2n) is 5.17. The molecule has 1 aliphatic carbocycles. The number of nitrogens with zero attached hydrogens (tertiary/aromatic N) is 3. The van der Waals surface area contributed by atoms with Crippen LogP contribution in [0.2, 0.25) is 0 Å². The van der Waals surface area contributed by atoms with Crippen LogP contribution >= 0.6 is 0 Å². The van der Waals surface area contributed by atoms with Gasteiger partial charge < -0.3 is 10.3 Å². The van der Waals surface area contributed by atoms with Crippen LogP contribution in [0.3, 0.4) is 0 Å². The van der Waals surface area contributed by atoms with E-state index in [1.807, 2.05) is 18.7 Å². The molecule has 5 heteroatoms. The first-order valence-electron chi connectivity index (χ1n) is 6.29. The van der Waals surface area contributed by atoms with Gasteiger partial charge in [-0.15, -0.1) is 0 Å². The van der Waals surface area contributed by atoms with Crippen LogP contribution < -0.4 is 11.3 Å². The number of hydrogen-bond acceptors (Lipinski definition) is 4. The third-order valence-electron chi connectivity index (χ3n) is 3.71. The fourth-order valence-electron chi connectivity index (χ4n) is 2.52. The molecular formula is C12H23N5. The molecule has 0 amide bonds. The SMILES string of the molecule is Cc1nn(C)c(NN)c1CN(C)CC1CCC1. The van der Waals surface area contributed by atoms with Gasteiger partial charge in [0.25, 0.3) is 0 Å². The Labute approximate surface area is 103 Å². The second kappa shape index (κ2) is 5.06. The van der Waals surface area contributed by atoms with Gasteiger partial charge in [-0.1, -0.05) is 6.42 Å². The summed E-state index contributed by atoms with van der Waals surface area (Å²) in [6, 6.07) is 0. The number of hydrogen-bond donors (Lipinski definition) is 2. The first-order valence-corrected chi connectivity index (χ1v) is 6.29. The number of nitrogen functional groups attached to an aromatic ring is 1. The van der Waals surface area contributed by atoms with E-state index in [0.717, 1.165) is 24.0 Å². The van der Waals surface area contributed by atoms with Crippen LogP contribution in [0, 0.1) is 12.8 Å². The van der Waals surface area contributed by atoms with Crippen molar-refractivity contribution < 1.29 is 0 Å². The Morgan fingerprint density at radius 1 is 1.53 bits per heavy atom. The average Bonchev–Trinajstić information content (AvgIpc) is 2.48. The molecule has 1 aromatic heterocycles. The highest BCUT2D eigenvalue weighted by Gasteiger charge is 2.20. The van der Waals surface area contributed by atoms with Gasteiger partial charge in [0, 0.05) is 25.7 Å². The fourth-order valence-corrected chi connectivity index (χ4v) is 2.52. The molecule has 1 saturated carbocycles. The monoisotopic (exact) mass is 237 g/mol. The lowest BCUT2D eigenvalue weighted by Gasteiger charge is -2.30. The van der Waals surface area contributed by atoms with Gasteiger partial charge in [0.15, 0.2) is 0 Å². The van der Waals surface area contributed by atoms with Crippen LogP contribution in [-0.2, 0) is 13.6 Å². The van der Waals surface area contributed by atoms with Crippen LogP contribution in [0.1, 0.15) is 30.5 Å². The van der Waals surface area contributed by atoms with Crippen molar-refractivity contribution in [1.82, 2.24) is 14.7 Å². The minimum atomic E-state index is 0.895. The average molecular weight is 237 g/mol. The zero-order chi connectivity index (χ0) is 12.4. The van der Waals surface area contributed by atoms with E-state index < -0.39 is 0 Å². The maximum atomic E-state index is 5.55. The van der Waals surface area contributed by atoms with Crippen LogP contribution in [0.15, 0.2) is 0 Å². The molecule has 96 valence electrons. The van der Waals surface area contributed by atoms with Crippen LogP contribution in [0.4, 0.5) is 5.82 Å². The normalized spacial score (nSPS) is 16.3. The van der Waals surface area contributed by atoms with Crippen molar-refractivity contribution in [1.29, 1.82) is 0 Å². The highest BCUT2D eigenvalue weighted by molar-refractivity contribution is 5.46. The van der Waals surface area contributed by atoms with Gasteiger partial charge in [0.2, 0.25) is 0 Å². The summed E-state index contributed by atoms with van der Waals surface area (Å²) in [5, 5.41) is 4.40. The quantitative estimate of drug-likeness (QED) is 0.597. The van der Waals surface area contributed by atoms with Gasteiger partial charge in [-0.3, -0.25) is 4.68 Å². The van der Waals surface area contributed by atoms with E-state index in [4.69, 9.17) is 5.84 Å². The van der Waals surface area contributed by atoms with Crippen LogP contribution in [0.25, 0.3) is 0 Å². The molecule has 5 nitrogen and oxygen atoms in total.